The lowest BCUT2D eigenvalue weighted by Crippen LogP contribution is -2.50. The molecular formula is C20H29NO2. The Hall–Kier alpha value is -1.35. The van der Waals surface area contributed by atoms with Gasteiger partial charge in [0.25, 0.3) is 0 Å². The van der Waals surface area contributed by atoms with Gasteiger partial charge in [-0.3, -0.25) is 4.90 Å². The van der Waals surface area contributed by atoms with Crippen LogP contribution in [0.1, 0.15) is 69.2 Å². The van der Waals surface area contributed by atoms with Crippen LogP contribution in [0.15, 0.2) is 30.3 Å². The van der Waals surface area contributed by atoms with E-state index in [1.807, 2.05) is 37.3 Å². The lowest BCUT2D eigenvalue weighted by molar-refractivity contribution is -0.000845. The molecule has 0 bridgehead atoms. The number of ether oxygens (including phenoxy) is 1. The van der Waals surface area contributed by atoms with E-state index in [2.05, 4.69) is 11.8 Å². The van der Waals surface area contributed by atoms with Gasteiger partial charge in [0.2, 0.25) is 0 Å². The lowest BCUT2D eigenvalue weighted by atomic mass is 9.79. The third kappa shape index (κ3) is 3.60. The van der Waals surface area contributed by atoms with Crippen molar-refractivity contribution in [3.05, 3.63) is 35.9 Å². The van der Waals surface area contributed by atoms with Crippen LogP contribution < -0.4 is 0 Å². The van der Waals surface area contributed by atoms with Gasteiger partial charge in [-0.1, -0.05) is 37.5 Å². The fraction of sp³-hybridized carbons (Fsp3) is 0.650. The van der Waals surface area contributed by atoms with Gasteiger partial charge in [-0.15, -0.1) is 0 Å². The first-order chi connectivity index (χ1) is 11.1. The average molecular weight is 315 g/mol. The first kappa shape index (κ1) is 16.5. The van der Waals surface area contributed by atoms with Gasteiger partial charge in [0.1, 0.15) is 6.10 Å². The number of benzene rings is 1. The Bertz CT molecular complexity index is 516. The number of carbonyl (C=O) groups is 1. The maximum Gasteiger partial charge on any atom is 0.338 e. The van der Waals surface area contributed by atoms with Crippen LogP contribution in [-0.4, -0.2) is 35.1 Å². The zero-order valence-corrected chi connectivity index (χ0v) is 14.5. The monoisotopic (exact) mass is 315 g/mol. The number of nitrogens with zero attached hydrogens (tertiary/aromatic N) is 1. The molecule has 23 heavy (non-hydrogen) atoms. The molecule has 3 rings (SSSR count). The molecule has 0 N–H and O–H groups in total. The van der Waals surface area contributed by atoms with E-state index >= 15 is 0 Å². The maximum atomic E-state index is 12.2. The van der Waals surface area contributed by atoms with Gasteiger partial charge < -0.3 is 4.74 Å². The van der Waals surface area contributed by atoms with Crippen LogP contribution in [0.25, 0.3) is 0 Å². The SMILES string of the molecule is CC(CN1C(C)CCC12CCCCC2)OC(=O)c1ccccc1. The second kappa shape index (κ2) is 7.04. The molecule has 3 heteroatoms. The highest BCUT2D eigenvalue weighted by molar-refractivity contribution is 5.89. The summed E-state index contributed by atoms with van der Waals surface area (Å²) in [6, 6.07) is 9.90. The lowest BCUT2D eigenvalue weighted by Gasteiger charge is -2.44. The van der Waals surface area contributed by atoms with E-state index in [0.29, 0.717) is 17.1 Å². The fourth-order valence-electron chi connectivity index (χ4n) is 4.50. The van der Waals surface area contributed by atoms with E-state index in [-0.39, 0.29) is 12.1 Å². The fourth-order valence-corrected chi connectivity index (χ4v) is 4.50. The summed E-state index contributed by atoms with van der Waals surface area (Å²) in [7, 11) is 0. The quantitative estimate of drug-likeness (QED) is 0.770. The summed E-state index contributed by atoms with van der Waals surface area (Å²) in [5.41, 5.74) is 1.02. The van der Waals surface area contributed by atoms with Crippen LogP contribution in [0.4, 0.5) is 0 Å². The van der Waals surface area contributed by atoms with Gasteiger partial charge in [-0.25, -0.2) is 4.79 Å². The van der Waals surface area contributed by atoms with Crippen LogP contribution >= 0.6 is 0 Å². The van der Waals surface area contributed by atoms with Crippen molar-refractivity contribution in [1.82, 2.24) is 4.90 Å². The molecule has 1 aliphatic carbocycles. The minimum absolute atomic E-state index is 0.0675. The Balaban J connectivity index is 1.62. The van der Waals surface area contributed by atoms with Gasteiger partial charge >= 0.3 is 5.97 Å². The molecule has 0 radical (unpaired) electrons. The standard InChI is InChI=1S/C20H29NO2/c1-16-11-14-20(12-7-4-8-13-20)21(16)15-17(2)23-19(22)18-9-5-3-6-10-18/h3,5-6,9-10,16-17H,4,7-8,11-15H2,1-2H3. The normalized spacial score (nSPS) is 25.4. The molecule has 126 valence electrons. The van der Waals surface area contributed by atoms with E-state index in [9.17, 15) is 4.79 Å². The van der Waals surface area contributed by atoms with Crippen LogP contribution in [0.2, 0.25) is 0 Å². The molecule has 1 aromatic rings. The molecular weight excluding hydrogens is 286 g/mol. The first-order valence-corrected chi connectivity index (χ1v) is 9.13. The summed E-state index contributed by atoms with van der Waals surface area (Å²) < 4.78 is 5.70. The summed E-state index contributed by atoms with van der Waals surface area (Å²) in [6.07, 6.45) is 9.23. The highest BCUT2D eigenvalue weighted by Crippen LogP contribution is 2.44. The molecule has 1 aromatic carbocycles. The summed E-state index contributed by atoms with van der Waals surface area (Å²) in [5.74, 6) is -0.206. The van der Waals surface area contributed by atoms with Crippen molar-refractivity contribution < 1.29 is 9.53 Å². The zero-order chi connectivity index (χ0) is 16.3. The Morgan fingerprint density at radius 3 is 2.61 bits per heavy atom. The van der Waals surface area contributed by atoms with Crippen LogP contribution in [0.5, 0.6) is 0 Å². The van der Waals surface area contributed by atoms with Crippen molar-refractivity contribution in [2.45, 2.75) is 76.5 Å². The summed E-state index contributed by atoms with van der Waals surface area (Å²) >= 11 is 0. The Labute approximate surface area is 140 Å². The van der Waals surface area contributed by atoms with E-state index in [1.54, 1.807) is 0 Å². The van der Waals surface area contributed by atoms with Crippen LogP contribution in [0.3, 0.4) is 0 Å². The molecule has 2 atom stereocenters. The number of esters is 1. The number of likely N-dealkylation sites (tertiary alicyclic amines) is 1. The molecule has 1 saturated heterocycles. The van der Waals surface area contributed by atoms with Gasteiger partial charge in [0.05, 0.1) is 5.56 Å². The van der Waals surface area contributed by atoms with Gasteiger partial charge in [0.15, 0.2) is 0 Å². The summed E-state index contributed by atoms with van der Waals surface area (Å²) in [5, 5.41) is 0. The Morgan fingerprint density at radius 2 is 1.91 bits per heavy atom. The van der Waals surface area contributed by atoms with E-state index in [4.69, 9.17) is 4.74 Å². The predicted octanol–water partition coefficient (Wildman–Crippen LogP) is 4.42. The van der Waals surface area contributed by atoms with Gasteiger partial charge in [0, 0.05) is 18.1 Å². The van der Waals surface area contributed by atoms with E-state index < -0.39 is 0 Å². The third-order valence-corrected chi connectivity index (χ3v) is 5.72. The minimum Gasteiger partial charge on any atom is -0.458 e. The maximum absolute atomic E-state index is 12.2. The molecule has 2 fully saturated rings. The Kier molecular flexibility index (Phi) is 5.05. The van der Waals surface area contributed by atoms with Crippen molar-refractivity contribution in [3.8, 4) is 0 Å². The number of carbonyl (C=O) groups excluding carboxylic acids is 1. The largest absolute Gasteiger partial charge is 0.458 e. The van der Waals surface area contributed by atoms with Crippen LogP contribution in [-0.2, 0) is 4.74 Å². The molecule has 2 unspecified atom stereocenters. The molecule has 1 saturated carbocycles. The van der Waals surface area contributed by atoms with E-state index in [0.717, 1.165) is 6.54 Å². The third-order valence-electron chi connectivity index (χ3n) is 5.72. The molecule has 1 heterocycles. The average Bonchev–Trinajstić information content (AvgIpc) is 2.86. The second-order valence-corrected chi connectivity index (χ2v) is 7.41. The van der Waals surface area contributed by atoms with Crippen molar-refractivity contribution in [3.63, 3.8) is 0 Å². The van der Waals surface area contributed by atoms with E-state index in [1.165, 1.54) is 44.9 Å². The first-order valence-electron chi connectivity index (χ1n) is 9.13. The number of rotatable bonds is 4. The number of hydrogen-bond acceptors (Lipinski definition) is 3. The molecule has 0 amide bonds. The van der Waals surface area contributed by atoms with Crippen molar-refractivity contribution >= 4 is 5.97 Å². The molecule has 2 aliphatic rings. The number of hydrogen-bond donors (Lipinski definition) is 0. The summed E-state index contributed by atoms with van der Waals surface area (Å²) in [4.78, 5) is 14.9. The second-order valence-electron chi connectivity index (χ2n) is 7.41. The Morgan fingerprint density at radius 1 is 1.22 bits per heavy atom. The van der Waals surface area contributed by atoms with Gasteiger partial charge in [-0.2, -0.15) is 0 Å². The highest BCUT2D eigenvalue weighted by atomic mass is 16.5. The summed E-state index contributed by atoms with van der Waals surface area (Å²) in [6.45, 7) is 5.22. The smallest absolute Gasteiger partial charge is 0.338 e. The van der Waals surface area contributed by atoms with Crippen molar-refractivity contribution in [1.29, 1.82) is 0 Å². The molecule has 3 nitrogen and oxygen atoms in total. The zero-order valence-electron chi connectivity index (χ0n) is 14.5. The molecule has 0 aromatic heterocycles. The molecule has 1 aliphatic heterocycles. The highest BCUT2D eigenvalue weighted by Gasteiger charge is 2.45. The topological polar surface area (TPSA) is 29.5 Å². The van der Waals surface area contributed by atoms with Crippen LogP contribution in [0, 0.1) is 0 Å². The van der Waals surface area contributed by atoms with Gasteiger partial charge in [-0.05, 0) is 51.7 Å². The molecule has 1 spiro atoms. The van der Waals surface area contributed by atoms with Crippen molar-refractivity contribution in [2.75, 3.05) is 6.54 Å². The van der Waals surface area contributed by atoms with Crippen molar-refractivity contribution in [2.24, 2.45) is 0 Å². The minimum atomic E-state index is -0.206. The predicted molar refractivity (Wildman–Crippen MR) is 92.5 cm³/mol.